The molecule has 0 aliphatic carbocycles. The summed E-state index contributed by atoms with van der Waals surface area (Å²) in [6, 6.07) is 37.0. The molecule has 5 rings (SSSR count). The second kappa shape index (κ2) is 9.14. The van der Waals surface area contributed by atoms with E-state index in [1.807, 2.05) is 115 Å². The number of hydrogen-bond donors (Lipinski definition) is 0. The smallest absolute Gasteiger partial charge is 0.159 e. The number of aromatic nitrogens is 2. The maximum atomic E-state index is 5.87. The Bertz CT molecular complexity index is 1190. The first-order valence-electron chi connectivity index (χ1n) is 10.3. The molecule has 4 aromatic carbocycles. The molecule has 0 amide bonds. The summed E-state index contributed by atoms with van der Waals surface area (Å²) >= 11 is 0. The van der Waals surface area contributed by atoms with Crippen molar-refractivity contribution in [2.75, 3.05) is 0 Å². The quantitative estimate of drug-likeness (QED) is 0.289. The number of nitrogens with zero attached hydrogens (tertiary/aromatic N) is 2. The first kappa shape index (κ1) is 19.5. The van der Waals surface area contributed by atoms with Crippen molar-refractivity contribution in [1.82, 2.24) is 9.97 Å². The molecule has 0 aliphatic heterocycles. The molecule has 0 atom stereocenters. The molecule has 32 heavy (non-hydrogen) atoms. The van der Waals surface area contributed by atoms with Gasteiger partial charge in [0, 0.05) is 17.3 Å². The highest BCUT2D eigenvalue weighted by Crippen LogP contribution is 2.27. The Morgan fingerprint density at radius 3 is 1.44 bits per heavy atom. The Hall–Kier alpha value is -4.44. The van der Waals surface area contributed by atoms with E-state index in [4.69, 9.17) is 14.5 Å². The summed E-state index contributed by atoms with van der Waals surface area (Å²) in [7, 11) is 0. The van der Waals surface area contributed by atoms with E-state index >= 15 is 0 Å². The third-order valence-corrected chi connectivity index (χ3v) is 4.88. The minimum Gasteiger partial charge on any atom is -0.457 e. The zero-order valence-electron chi connectivity index (χ0n) is 17.3. The first-order valence-corrected chi connectivity index (χ1v) is 10.3. The van der Waals surface area contributed by atoms with Crippen molar-refractivity contribution >= 4 is 0 Å². The van der Waals surface area contributed by atoms with Gasteiger partial charge in [-0.1, -0.05) is 36.4 Å². The molecule has 4 nitrogen and oxygen atoms in total. The molecule has 0 N–H and O–H groups in total. The van der Waals surface area contributed by atoms with Crippen molar-refractivity contribution in [3.8, 4) is 45.6 Å². The van der Waals surface area contributed by atoms with Gasteiger partial charge in [-0.05, 0) is 78.9 Å². The lowest BCUT2D eigenvalue weighted by molar-refractivity contribution is 0.482. The Labute approximate surface area is 186 Å². The van der Waals surface area contributed by atoms with Gasteiger partial charge in [0.1, 0.15) is 23.0 Å². The lowest BCUT2D eigenvalue weighted by Gasteiger charge is -2.08. The Balaban J connectivity index is 1.32. The van der Waals surface area contributed by atoms with Crippen LogP contribution in [0, 0.1) is 0 Å². The van der Waals surface area contributed by atoms with Gasteiger partial charge in [-0.3, -0.25) is 0 Å². The summed E-state index contributed by atoms with van der Waals surface area (Å²) < 4.78 is 11.7. The van der Waals surface area contributed by atoms with Crippen molar-refractivity contribution in [2.45, 2.75) is 0 Å². The van der Waals surface area contributed by atoms with Crippen molar-refractivity contribution < 1.29 is 9.47 Å². The topological polar surface area (TPSA) is 44.2 Å². The average Bonchev–Trinajstić information content (AvgIpc) is 2.86. The van der Waals surface area contributed by atoms with Gasteiger partial charge < -0.3 is 9.47 Å². The highest BCUT2D eigenvalue weighted by molar-refractivity contribution is 5.64. The molecule has 0 saturated carbocycles. The molecule has 154 valence electrons. The molecule has 0 saturated heterocycles. The summed E-state index contributed by atoms with van der Waals surface area (Å²) in [5, 5.41) is 0. The molecule has 0 bridgehead atoms. The van der Waals surface area contributed by atoms with Crippen LogP contribution in [0.4, 0.5) is 0 Å². The van der Waals surface area contributed by atoms with Crippen molar-refractivity contribution in [3.63, 3.8) is 0 Å². The third-order valence-electron chi connectivity index (χ3n) is 4.88. The van der Waals surface area contributed by atoms with Crippen LogP contribution in [0.2, 0.25) is 0 Å². The normalized spacial score (nSPS) is 10.5. The van der Waals surface area contributed by atoms with Crippen LogP contribution in [0.15, 0.2) is 121 Å². The minimum atomic E-state index is 0.665. The molecular weight excluding hydrogens is 396 g/mol. The second-order valence-electron chi connectivity index (χ2n) is 7.14. The molecule has 1 aromatic heterocycles. The van der Waals surface area contributed by atoms with Gasteiger partial charge in [0.15, 0.2) is 5.82 Å². The molecule has 4 heteroatoms. The van der Waals surface area contributed by atoms with E-state index in [9.17, 15) is 0 Å². The molecule has 5 aromatic rings. The number of hydrogen-bond acceptors (Lipinski definition) is 4. The summed E-state index contributed by atoms with van der Waals surface area (Å²) in [6.07, 6.45) is 1.78. The van der Waals surface area contributed by atoms with Crippen LogP contribution in [0.5, 0.6) is 23.0 Å². The van der Waals surface area contributed by atoms with E-state index in [1.165, 1.54) is 0 Å². The van der Waals surface area contributed by atoms with Crippen LogP contribution in [0.25, 0.3) is 22.6 Å². The van der Waals surface area contributed by atoms with E-state index in [0.717, 1.165) is 39.8 Å². The highest BCUT2D eigenvalue weighted by Gasteiger charge is 2.07. The van der Waals surface area contributed by atoms with Gasteiger partial charge in [0.05, 0.1) is 5.69 Å². The van der Waals surface area contributed by atoms with Crippen LogP contribution in [-0.4, -0.2) is 9.97 Å². The molecule has 0 unspecified atom stereocenters. The fraction of sp³-hybridized carbons (Fsp3) is 0. The number of para-hydroxylation sites is 2. The largest absolute Gasteiger partial charge is 0.457 e. The van der Waals surface area contributed by atoms with Gasteiger partial charge >= 0.3 is 0 Å². The zero-order valence-corrected chi connectivity index (χ0v) is 17.3. The zero-order chi connectivity index (χ0) is 21.6. The lowest BCUT2D eigenvalue weighted by atomic mass is 10.1. The summed E-state index contributed by atoms with van der Waals surface area (Å²) in [6.45, 7) is 0. The number of ether oxygens (including phenoxy) is 2. The maximum absolute atomic E-state index is 5.87. The first-order chi connectivity index (χ1) is 15.8. The van der Waals surface area contributed by atoms with Crippen molar-refractivity contribution in [3.05, 3.63) is 121 Å². The summed E-state index contributed by atoms with van der Waals surface area (Å²) in [4.78, 5) is 9.19. The van der Waals surface area contributed by atoms with Crippen LogP contribution in [0.3, 0.4) is 0 Å². The Morgan fingerprint density at radius 1 is 0.438 bits per heavy atom. The fourth-order valence-corrected chi connectivity index (χ4v) is 3.27. The maximum Gasteiger partial charge on any atom is 0.159 e. The van der Waals surface area contributed by atoms with E-state index in [0.29, 0.717) is 5.82 Å². The molecule has 0 aliphatic rings. The van der Waals surface area contributed by atoms with Gasteiger partial charge in [-0.25, -0.2) is 9.97 Å². The molecule has 1 heterocycles. The number of rotatable bonds is 6. The molecule has 0 fully saturated rings. The lowest BCUT2D eigenvalue weighted by Crippen LogP contribution is -1.92. The van der Waals surface area contributed by atoms with E-state index < -0.39 is 0 Å². The van der Waals surface area contributed by atoms with E-state index in [-0.39, 0.29) is 0 Å². The van der Waals surface area contributed by atoms with Gasteiger partial charge in [-0.2, -0.15) is 0 Å². The fourth-order valence-electron chi connectivity index (χ4n) is 3.27. The summed E-state index contributed by atoms with van der Waals surface area (Å²) in [5.74, 6) is 3.83. The Morgan fingerprint density at radius 2 is 0.906 bits per heavy atom. The van der Waals surface area contributed by atoms with Crippen LogP contribution < -0.4 is 9.47 Å². The van der Waals surface area contributed by atoms with Crippen LogP contribution in [-0.2, 0) is 0 Å². The number of benzene rings is 4. The van der Waals surface area contributed by atoms with Gasteiger partial charge in [-0.15, -0.1) is 0 Å². The van der Waals surface area contributed by atoms with Crippen LogP contribution in [0.1, 0.15) is 0 Å². The summed E-state index contributed by atoms with van der Waals surface area (Å²) in [5.41, 5.74) is 2.78. The molecular formula is C28H20N2O2. The monoisotopic (exact) mass is 416 g/mol. The predicted octanol–water partition coefficient (Wildman–Crippen LogP) is 7.40. The van der Waals surface area contributed by atoms with Gasteiger partial charge in [0.2, 0.25) is 0 Å². The van der Waals surface area contributed by atoms with E-state index in [1.54, 1.807) is 6.20 Å². The van der Waals surface area contributed by atoms with Gasteiger partial charge in [0.25, 0.3) is 0 Å². The highest BCUT2D eigenvalue weighted by atomic mass is 16.5. The molecule has 0 radical (unpaired) electrons. The Kier molecular flexibility index (Phi) is 5.58. The third kappa shape index (κ3) is 4.65. The molecule has 0 spiro atoms. The average molecular weight is 416 g/mol. The predicted molar refractivity (Wildman–Crippen MR) is 126 cm³/mol. The standard InChI is InChI=1S/C28H20N2O2/c1-3-7-23(8-4-1)31-25-15-11-21(12-16-25)27-19-20-29-28(30-27)22-13-17-26(18-14-22)32-24-9-5-2-6-10-24/h1-20H. The minimum absolute atomic E-state index is 0.665. The SMILES string of the molecule is c1ccc(Oc2ccc(-c3ccnc(-c4ccc(Oc5ccccc5)cc4)n3)cc2)cc1. The second-order valence-corrected chi connectivity index (χ2v) is 7.14. The van der Waals surface area contributed by atoms with Crippen LogP contribution >= 0.6 is 0 Å². The van der Waals surface area contributed by atoms with Crippen molar-refractivity contribution in [1.29, 1.82) is 0 Å². The van der Waals surface area contributed by atoms with E-state index in [2.05, 4.69) is 4.98 Å². The van der Waals surface area contributed by atoms with Crippen molar-refractivity contribution in [2.24, 2.45) is 0 Å².